The summed E-state index contributed by atoms with van der Waals surface area (Å²) in [5.41, 5.74) is 8.16. The summed E-state index contributed by atoms with van der Waals surface area (Å²) >= 11 is 0. The first kappa shape index (κ1) is 18.0. The minimum Gasteiger partial charge on any atom is -0.339 e. The Hall–Kier alpha value is -1.06. The fourth-order valence-electron chi connectivity index (χ4n) is 3.05. The van der Waals surface area contributed by atoms with Crippen molar-refractivity contribution in [1.82, 2.24) is 4.90 Å². The van der Waals surface area contributed by atoms with E-state index in [9.17, 15) is 4.79 Å². The highest BCUT2D eigenvalue weighted by Crippen LogP contribution is 2.27. The maximum Gasteiger partial charge on any atom is 0.230 e. The van der Waals surface area contributed by atoms with E-state index in [1.165, 1.54) is 5.56 Å². The van der Waals surface area contributed by atoms with E-state index in [0.717, 1.165) is 24.9 Å². The maximum absolute atomic E-state index is 12.7. The summed E-state index contributed by atoms with van der Waals surface area (Å²) in [5, 5.41) is 0. The van der Waals surface area contributed by atoms with Crippen LogP contribution in [0.2, 0.25) is 0 Å². The van der Waals surface area contributed by atoms with Gasteiger partial charge in [-0.1, -0.05) is 31.2 Å². The van der Waals surface area contributed by atoms with Crippen molar-refractivity contribution in [3.8, 4) is 0 Å². The highest BCUT2D eigenvalue weighted by atomic mass is 35.5. The van der Waals surface area contributed by atoms with Gasteiger partial charge in [-0.05, 0) is 50.3 Å². The molecule has 1 amide bonds. The van der Waals surface area contributed by atoms with Gasteiger partial charge in [-0.25, -0.2) is 0 Å². The van der Waals surface area contributed by atoms with Crippen molar-refractivity contribution < 1.29 is 4.79 Å². The lowest BCUT2D eigenvalue weighted by Crippen LogP contribution is -2.37. The van der Waals surface area contributed by atoms with Crippen LogP contribution in [0.3, 0.4) is 0 Å². The molecule has 1 aromatic rings. The Kier molecular flexibility index (Phi) is 6.69. The first-order chi connectivity index (χ1) is 9.56. The van der Waals surface area contributed by atoms with Crippen molar-refractivity contribution in [2.24, 2.45) is 11.7 Å². The highest BCUT2D eigenvalue weighted by Gasteiger charge is 2.33. The van der Waals surface area contributed by atoms with Crippen LogP contribution >= 0.6 is 12.4 Å². The van der Waals surface area contributed by atoms with Gasteiger partial charge in [0.25, 0.3) is 0 Å². The van der Waals surface area contributed by atoms with Crippen LogP contribution in [0.5, 0.6) is 0 Å². The fraction of sp³-hybridized carbons (Fsp3) is 0.588. The van der Waals surface area contributed by atoms with Crippen LogP contribution in [-0.4, -0.2) is 29.9 Å². The van der Waals surface area contributed by atoms with Crippen LogP contribution in [0.25, 0.3) is 0 Å². The standard InChI is InChI=1S/C17H26N2O.ClH/c1-4-14-5-7-16(8-6-14)13(3)17(20)19-11-15(10-18)9-12(19)2;/h5-8,12-13,15H,4,9-11,18H2,1-3H3;1H. The van der Waals surface area contributed by atoms with Crippen LogP contribution < -0.4 is 5.73 Å². The molecular weight excluding hydrogens is 284 g/mol. The second-order valence-electron chi connectivity index (χ2n) is 5.99. The van der Waals surface area contributed by atoms with E-state index < -0.39 is 0 Å². The van der Waals surface area contributed by atoms with Crippen LogP contribution in [0.1, 0.15) is 44.2 Å². The lowest BCUT2D eigenvalue weighted by molar-refractivity contribution is -0.133. The molecule has 2 rings (SSSR count). The van der Waals surface area contributed by atoms with Crippen molar-refractivity contribution in [2.75, 3.05) is 13.1 Å². The van der Waals surface area contributed by atoms with Gasteiger partial charge in [0, 0.05) is 12.6 Å². The molecule has 3 unspecified atom stereocenters. The number of carbonyl (C=O) groups is 1. The van der Waals surface area contributed by atoms with Crippen molar-refractivity contribution in [1.29, 1.82) is 0 Å². The third-order valence-electron chi connectivity index (χ3n) is 4.54. The number of amides is 1. The van der Waals surface area contributed by atoms with E-state index in [-0.39, 0.29) is 24.2 Å². The Balaban J connectivity index is 0.00000220. The van der Waals surface area contributed by atoms with Crippen molar-refractivity contribution in [3.05, 3.63) is 35.4 Å². The molecule has 1 saturated heterocycles. The Morgan fingerprint density at radius 2 is 2.00 bits per heavy atom. The zero-order valence-electron chi connectivity index (χ0n) is 13.2. The lowest BCUT2D eigenvalue weighted by atomic mass is 9.97. The van der Waals surface area contributed by atoms with Gasteiger partial charge in [0.15, 0.2) is 0 Å². The second kappa shape index (κ2) is 7.81. The van der Waals surface area contributed by atoms with Crippen LogP contribution in [0, 0.1) is 5.92 Å². The van der Waals surface area contributed by atoms with Crippen molar-refractivity contribution >= 4 is 18.3 Å². The molecule has 3 atom stereocenters. The summed E-state index contributed by atoms with van der Waals surface area (Å²) < 4.78 is 0. The number of likely N-dealkylation sites (tertiary alicyclic amines) is 1. The molecule has 3 nitrogen and oxygen atoms in total. The maximum atomic E-state index is 12.7. The van der Waals surface area contributed by atoms with Gasteiger partial charge < -0.3 is 10.6 Å². The van der Waals surface area contributed by atoms with Gasteiger partial charge >= 0.3 is 0 Å². The molecule has 21 heavy (non-hydrogen) atoms. The number of nitrogens with zero attached hydrogens (tertiary/aromatic N) is 1. The molecular formula is C17H27ClN2O. The Labute approximate surface area is 134 Å². The van der Waals surface area contributed by atoms with Gasteiger partial charge in [0.1, 0.15) is 0 Å². The summed E-state index contributed by atoms with van der Waals surface area (Å²) in [7, 11) is 0. The summed E-state index contributed by atoms with van der Waals surface area (Å²) in [5.74, 6) is 0.626. The van der Waals surface area contributed by atoms with Crippen molar-refractivity contribution in [2.45, 2.75) is 45.6 Å². The number of hydrogen-bond acceptors (Lipinski definition) is 2. The first-order valence-corrected chi connectivity index (χ1v) is 7.66. The second-order valence-corrected chi connectivity index (χ2v) is 5.99. The average molecular weight is 311 g/mol. The Bertz CT molecular complexity index is 460. The normalized spacial score (nSPS) is 22.8. The summed E-state index contributed by atoms with van der Waals surface area (Å²) in [6, 6.07) is 8.73. The molecule has 0 spiro atoms. The third kappa shape index (κ3) is 3.98. The number of rotatable bonds is 4. The molecule has 2 N–H and O–H groups in total. The van der Waals surface area contributed by atoms with Gasteiger partial charge in [0.2, 0.25) is 5.91 Å². The predicted molar refractivity (Wildman–Crippen MR) is 89.8 cm³/mol. The molecule has 118 valence electrons. The highest BCUT2D eigenvalue weighted by molar-refractivity contribution is 5.85. The number of nitrogens with two attached hydrogens (primary N) is 1. The molecule has 1 aromatic carbocycles. The van der Waals surface area contributed by atoms with E-state index in [1.54, 1.807) is 0 Å². The zero-order chi connectivity index (χ0) is 14.7. The molecule has 0 saturated carbocycles. The van der Waals surface area contributed by atoms with Gasteiger partial charge in [-0.15, -0.1) is 12.4 Å². The van der Waals surface area contributed by atoms with Gasteiger partial charge in [0.05, 0.1) is 5.92 Å². The van der Waals surface area contributed by atoms with E-state index in [4.69, 9.17) is 5.73 Å². The van der Waals surface area contributed by atoms with Gasteiger partial charge in [-0.3, -0.25) is 4.79 Å². The summed E-state index contributed by atoms with van der Waals surface area (Å²) in [6.45, 7) is 7.76. The number of hydrogen-bond donors (Lipinski definition) is 1. The van der Waals surface area contributed by atoms with Crippen molar-refractivity contribution in [3.63, 3.8) is 0 Å². The monoisotopic (exact) mass is 310 g/mol. The average Bonchev–Trinajstić information content (AvgIpc) is 2.87. The van der Waals surface area contributed by atoms with E-state index >= 15 is 0 Å². The van der Waals surface area contributed by atoms with E-state index in [1.807, 2.05) is 11.8 Å². The number of benzene rings is 1. The van der Waals surface area contributed by atoms with E-state index in [2.05, 4.69) is 38.1 Å². The summed E-state index contributed by atoms with van der Waals surface area (Å²) in [4.78, 5) is 14.7. The smallest absolute Gasteiger partial charge is 0.230 e. The number of carbonyl (C=O) groups excluding carboxylic acids is 1. The van der Waals surface area contributed by atoms with E-state index in [0.29, 0.717) is 18.5 Å². The third-order valence-corrected chi connectivity index (χ3v) is 4.54. The molecule has 0 aromatic heterocycles. The fourth-order valence-corrected chi connectivity index (χ4v) is 3.05. The minimum atomic E-state index is -0.0696. The topological polar surface area (TPSA) is 46.3 Å². The quantitative estimate of drug-likeness (QED) is 0.929. The molecule has 0 aliphatic carbocycles. The Morgan fingerprint density at radius 1 is 1.38 bits per heavy atom. The lowest BCUT2D eigenvalue weighted by Gasteiger charge is -2.25. The number of aryl methyl sites for hydroxylation is 1. The summed E-state index contributed by atoms with van der Waals surface area (Å²) in [6.07, 6.45) is 2.06. The van der Waals surface area contributed by atoms with Crippen LogP contribution in [-0.2, 0) is 11.2 Å². The SMILES string of the molecule is CCc1ccc(C(C)C(=O)N2CC(CN)CC2C)cc1.Cl. The Morgan fingerprint density at radius 3 is 2.48 bits per heavy atom. The minimum absolute atomic E-state index is 0. The first-order valence-electron chi connectivity index (χ1n) is 7.66. The molecule has 1 aliphatic heterocycles. The molecule has 0 bridgehead atoms. The van der Waals surface area contributed by atoms with Crippen LogP contribution in [0.4, 0.5) is 0 Å². The number of halogens is 1. The molecule has 0 radical (unpaired) electrons. The molecule has 1 heterocycles. The molecule has 4 heteroatoms. The molecule has 1 aliphatic rings. The van der Waals surface area contributed by atoms with Crippen LogP contribution in [0.15, 0.2) is 24.3 Å². The molecule has 1 fully saturated rings. The largest absolute Gasteiger partial charge is 0.339 e. The zero-order valence-corrected chi connectivity index (χ0v) is 14.0. The van der Waals surface area contributed by atoms with Gasteiger partial charge in [-0.2, -0.15) is 0 Å². The predicted octanol–water partition coefficient (Wildman–Crippen LogP) is 2.97.